The molecular formula is C12H10N2O2S. The van der Waals surface area contributed by atoms with Gasteiger partial charge in [-0.3, -0.25) is 10.1 Å². The molecule has 4 nitrogen and oxygen atoms in total. The summed E-state index contributed by atoms with van der Waals surface area (Å²) in [5.74, 6) is 0. The summed E-state index contributed by atoms with van der Waals surface area (Å²) >= 11 is 1.34. The maximum atomic E-state index is 10.8. The van der Waals surface area contributed by atoms with E-state index < -0.39 is 0 Å². The summed E-state index contributed by atoms with van der Waals surface area (Å²) in [6, 6.07) is 13.9. The van der Waals surface area contributed by atoms with Gasteiger partial charge in [-0.2, -0.15) is 0 Å². The Kier molecular flexibility index (Phi) is 3.30. The lowest BCUT2D eigenvalue weighted by Gasteiger charge is -2.03. The van der Waals surface area contributed by atoms with Crippen molar-refractivity contribution in [3.63, 3.8) is 0 Å². The zero-order valence-corrected chi connectivity index (χ0v) is 9.68. The average Bonchev–Trinajstić information content (AvgIpc) is 2.29. The minimum atomic E-state index is -0.380. The van der Waals surface area contributed by atoms with Crippen molar-refractivity contribution in [2.75, 3.05) is 5.73 Å². The molecule has 86 valence electrons. The molecule has 0 radical (unpaired) electrons. The lowest BCUT2D eigenvalue weighted by molar-refractivity contribution is -0.387. The van der Waals surface area contributed by atoms with E-state index in [0.717, 1.165) is 4.90 Å². The molecule has 0 saturated heterocycles. The van der Waals surface area contributed by atoms with Gasteiger partial charge < -0.3 is 5.73 Å². The molecule has 2 N–H and O–H groups in total. The summed E-state index contributed by atoms with van der Waals surface area (Å²) in [5.41, 5.74) is 6.42. The molecule has 0 saturated carbocycles. The standard InChI is InChI=1S/C12H10N2O2S/c13-9-4-3-5-10(8-9)17-12-7-2-1-6-11(12)14(15)16/h1-8H,13H2. The Morgan fingerprint density at radius 2 is 1.88 bits per heavy atom. The first-order chi connectivity index (χ1) is 8.16. The Hall–Kier alpha value is -2.01. The van der Waals surface area contributed by atoms with E-state index in [4.69, 9.17) is 5.73 Å². The van der Waals surface area contributed by atoms with Crippen molar-refractivity contribution in [1.29, 1.82) is 0 Å². The Morgan fingerprint density at radius 3 is 2.59 bits per heavy atom. The number of nitrogens with two attached hydrogens (primary N) is 1. The highest BCUT2D eigenvalue weighted by Gasteiger charge is 2.13. The fraction of sp³-hybridized carbons (Fsp3) is 0. The zero-order valence-electron chi connectivity index (χ0n) is 8.87. The van der Waals surface area contributed by atoms with Crippen LogP contribution in [0.4, 0.5) is 11.4 Å². The highest BCUT2D eigenvalue weighted by molar-refractivity contribution is 7.99. The number of nitrogens with zero attached hydrogens (tertiary/aromatic N) is 1. The molecule has 2 aromatic carbocycles. The fourth-order valence-electron chi connectivity index (χ4n) is 1.40. The molecule has 0 aliphatic heterocycles. The van der Waals surface area contributed by atoms with E-state index in [-0.39, 0.29) is 10.6 Å². The van der Waals surface area contributed by atoms with E-state index >= 15 is 0 Å². The van der Waals surface area contributed by atoms with Crippen molar-refractivity contribution in [1.82, 2.24) is 0 Å². The summed E-state index contributed by atoms with van der Waals surface area (Å²) in [6.07, 6.45) is 0. The average molecular weight is 246 g/mol. The number of hydrogen-bond donors (Lipinski definition) is 1. The van der Waals surface area contributed by atoms with Crippen LogP contribution in [0.2, 0.25) is 0 Å². The minimum absolute atomic E-state index is 0.111. The van der Waals surface area contributed by atoms with Crippen LogP contribution in [0.5, 0.6) is 0 Å². The molecule has 0 atom stereocenters. The van der Waals surface area contributed by atoms with Crippen LogP contribution in [0.1, 0.15) is 0 Å². The van der Waals surface area contributed by atoms with Gasteiger partial charge in [-0.25, -0.2) is 0 Å². The lowest BCUT2D eigenvalue weighted by atomic mass is 10.3. The predicted molar refractivity (Wildman–Crippen MR) is 68.1 cm³/mol. The fourth-order valence-corrected chi connectivity index (χ4v) is 2.39. The molecule has 0 aliphatic carbocycles. The number of nitro benzene ring substituents is 1. The quantitative estimate of drug-likeness (QED) is 0.512. The molecule has 0 amide bonds. The SMILES string of the molecule is Nc1cccc(Sc2ccccc2[N+](=O)[O-])c1. The van der Waals surface area contributed by atoms with Gasteiger partial charge in [-0.1, -0.05) is 30.0 Å². The number of anilines is 1. The largest absolute Gasteiger partial charge is 0.399 e. The third kappa shape index (κ3) is 2.76. The monoisotopic (exact) mass is 246 g/mol. The van der Waals surface area contributed by atoms with Crippen molar-refractivity contribution in [3.8, 4) is 0 Å². The first-order valence-corrected chi connectivity index (χ1v) is 5.75. The molecule has 0 heterocycles. The van der Waals surface area contributed by atoms with Crippen LogP contribution in [0.15, 0.2) is 58.3 Å². The van der Waals surface area contributed by atoms with Gasteiger partial charge in [0.2, 0.25) is 0 Å². The Balaban J connectivity index is 2.33. The summed E-state index contributed by atoms with van der Waals surface area (Å²) in [5, 5.41) is 10.8. The zero-order chi connectivity index (χ0) is 12.3. The van der Waals surface area contributed by atoms with E-state index in [1.807, 2.05) is 12.1 Å². The third-order valence-electron chi connectivity index (χ3n) is 2.15. The smallest absolute Gasteiger partial charge is 0.283 e. The first-order valence-electron chi connectivity index (χ1n) is 4.93. The van der Waals surface area contributed by atoms with Crippen molar-refractivity contribution in [2.45, 2.75) is 9.79 Å². The molecule has 2 aromatic rings. The third-order valence-corrected chi connectivity index (χ3v) is 3.20. The van der Waals surface area contributed by atoms with Crippen molar-refractivity contribution in [2.24, 2.45) is 0 Å². The van der Waals surface area contributed by atoms with E-state index in [0.29, 0.717) is 10.6 Å². The normalized spacial score (nSPS) is 10.1. The predicted octanol–water partition coefficient (Wildman–Crippen LogP) is 3.33. The molecule has 0 aromatic heterocycles. The molecule has 0 unspecified atom stereocenters. The molecule has 2 rings (SSSR count). The summed E-state index contributed by atoms with van der Waals surface area (Å²) in [7, 11) is 0. The van der Waals surface area contributed by atoms with Gasteiger partial charge in [0.15, 0.2) is 0 Å². The Labute approximate surface area is 103 Å². The van der Waals surface area contributed by atoms with Gasteiger partial charge in [-0.15, -0.1) is 0 Å². The Bertz CT molecular complexity index is 558. The van der Waals surface area contributed by atoms with Crippen LogP contribution in [-0.2, 0) is 0 Å². The summed E-state index contributed by atoms with van der Waals surface area (Å²) < 4.78 is 0. The number of rotatable bonds is 3. The highest BCUT2D eigenvalue weighted by Crippen LogP contribution is 2.34. The summed E-state index contributed by atoms with van der Waals surface area (Å²) in [4.78, 5) is 12.0. The van der Waals surface area contributed by atoms with Crippen LogP contribution in [-0.4, -0.2) is 4.92 Å². The second-order valence-electron chi connectivity index (χ2n) is 3.40. The minimum Gasteiger partial charge on any atom is -0.399 e. The molecule has 17 heavy (non-hydrogen) atoms. The first kappa shape index (κ1) is 11.5. The maximum absolute atomic E-state index is 10.8. The van der Waals surface area contributed by atoms with Crippen LogP contribution >= 0.6 is 11.8 Å². The molecule has 0 aliphatic rings. The number of nitrogen functional groups attached to an aromatic ring is 1. The molecule has 0 spiro atoms. The molecular weight excluding hydrogens is 236 g/mol. The van der Waals surface area contributed by atoms with E-state index in [1.165, 1.54) is 17.8 Å². The van der Waals surface area contributed by atoms with Crippen molar-refractivity contribution < 1.29 is 4.92 Å². The van der Waals surface area contributed by atoms with Crippen molar-refractivity contribution in [3.05, 3.63) is 58.6 Å². The number of benzene rings is 2. The van der Waals surface area contributed by atoms with Gasteiger partial charge in [0.25, 0.3) is 5.69 Å². The van der Waals surface area contributed by atoms with E-state index in [2.05, 4.69) is 0 Å². The second kappa shape index (κ2) is 4.88. The maximum Gasteiger partial charge on any atom is 0.283 e. The van der Waals surface area contributed by atoms with Crippen LogP contribution in [0.3, 0.4) is 0 Å². The van der Waals surface area contributed by atoms with Gasteiger partial charge in [-0.05, 0) is 24.3 Å². The van der Waals surface area contributed by atoms with Gasteiger partial charge in [0, 0.05) is 16.6 Å². The van der Waals surface area contributed by atoms with Gasteiger partial charge in [0.1, 0.15) is 0 Å². The van der Waals surface area contributed by atoms with Crippen LogP contribution < -0.4 is 5.73 Å². The molecule has 5 heteroatoms. The van der Waals surface area contributed by atoms with Gasteiger partial charge in [0.05, 0.1) is 9.82 Å². The number of para-hydroxylation sites is 1. The number of nitro groups is 1. The van der Waals surface area contributed by atoms with Crippen LogP contribution in [0.25, 0.3) is 0 Å². The molecule has 0 fully saturated rings. The van der Waals surface area contributed by atoms with Gasteiger partial charge >= 0.3 is 0 Å². The van der Waals surface area contributed by atoms with E-state index in [9.17, 15) is 10.1 Å². The number of hydrogen-bond acceptors (Lipinski definition) is 4. The van der Waals surface area contributed by atoms with Crippen LogP contribution in [0, 0.1) is 10.1 Å². The van der Waals surface area contributed by atoms with Crippen molar-refractivity contribution >= 4 is 23.1 Å². The highest BCUT2D eigenvalue weighted by atomic mass is 32.2. The van der Waals surface area contributed by atoms with E-state index in [1.54, 1.807) is 30.3 Å². The summed E-state index contributed by atoms with van der Waals surface area (Å²) in [6.45, 7) is 0. The lowest BCUT2D eigenvalue weighted by Crippen LogP contribution is -1.90. The second-order valence-corrected chi connectivity index (χ2v) is 4.51. The molecule has 0 bridgehead atoms. The Morgan fingerprint density at radius 1 is 1.12 bits per heavy atom. The topological polar surface area (TPSA) is 69.2 Å².